The highest BCUT2D eigenvalue weighted by molar-refractivity contribution is 5.93. The number of benzene rings is 1. The predicted octanol–water partition coefficient (Wildman–Crippen LogP) is 0.701. The zero-order chi connectivity index (χ0) is 13.0. The van der Waals surface area contributed by atoms with Crippen LogP contribution in [0.2, 0.25) is 0 Å². The van der Waals surface area contributed by atoms with Gasteiger partial charge in [0.25, 0.3) is 5.91 Å². The number of ether oxygens (including phenoxy) is 1. The van der Waals surface area contributed by atoms with Gasteiger partial charge < -0.3 is 15.0 Å². The fourth-order valence-corrected chi connectivity index (χ4v) is 2.37. The Balaban J connectivity index is 1.93. The van der Waals surface area contributed by atoms with Gasteiger partial charge in [0.15, 0.2) is 6.04 Å². The van der Waals surface area contributed by atoms with Crippen LogP contribution in [-0.4, -0.2) is 32.1 Å². The summed E-state index contributed by atoms with van der Waals surface area (Å²) in [5, 5.41) is 2.95. The van der Waals surface area contributed by atoms with Crippen molar-refractivity contribution in [3.63, 3.8) is 0 Å². The van der Waals surface area contributed by atoms with Crippen molar-refractivity contribution in [1.82, 2.24) is 0 Å². The topological polar surface area (TPSA) is 42.8 Å². The summed E-state index contributed by atoms with van der Waals surface area (Å²) in [6.45, 7) is 4.22. The number of hydrogen-bond donors (Lipinski definition) is 2. The molecular weight excluding hydrogens is 228 g/mol. The van der Waals surface area contributed by atoms with Crippen LogP contribution in [0, 0.1) is 0 Å². The quantitative estimate of drug-likeness (QED) is 0.825. The van der Waals surface area contributed by atoms with Crippen molar-refractivity contribution in [2.75, 3.05) is 25.5 Å². The van der Waals surface area contributed by atoms with Gasteiger partial charge in [0.2, 0.25) is 0 Å². The molecular formula is C14H21N2O2+. The van der Waals surface area contributed by atoms with Gasteiger partial charge in [0, 0.05) is 18.5 Å². The predicted molar refractivity (Wildman–Crippen MR) is 71.0 cm³/mol. The molecule has 2 N–H and O–H groups in total. The molecule has 0 radical (unpaired) electrons. The van der Waals surface area contributed by atoms with Crippen LogP contribution >= 0.6 is 0 Å². The first-order chi connectivity index (χ1) is 8.70. The van der Waals surface area contributed by atoms with Crippen LogP contribution < -0.4 is 15.0 Å². The average Bonchev–Trinajstić information content (AvgIpc) is 2.92. The van der Waals surface area contributed by atoms with E-state index in [9.17, 15) is 4.79 Å². The summed E-state index contributed by atoms with van der Waals surface area (Å²) in [4.78, 5) is 13.5. The van der Waals surface area contributed by atoms with Crippen molar-refractivity contribution >= 4 is 11.6 Å². The molecule has 0 spiro atoms. The third-order valence-electron chi connectivity index (χ3n) is 3.61. The summed E-state index contributed by atoms with van der Waals surface area (Å²) >= 11 is 0. The number of rotatable bonds is 4. The Bertz CT molecular complexity index is 397. The summed E-state index contributed by atoms with van der Waals surface area (Å²) < 4.78 is 5.09. The minimum atomic E-state index is 0.0228. The second-order valence-electron chi connectivity index (χ2n) is 4.80. The highest BCUT2D eigenvalue weighted by Crippen LogP contribution is 2.14. The molecule has 1 aromatic rings. The first-order valence-corrected chi connectivity index (χ1v) is 6.50. The van der Waals surface area contributed by atoms with E-state index in [-0.39, 0.29) is 11.9 Å². The van der Waals surface area contributed by atoms with E-state index in [0.717, 1.165) is 24.5 Å². The molecule has 1 fully saturated rings. The minimum absolute atomic E-state index is 0.0228. The monoisotopic (exact) mass is 249 g/mol. The third-order valence-corrected chi connectivity index (χ3v) is 3.61. The zero-order valence-corrected chi connectivity index (χ0v) is 11.0. The van der Waals surface area contributed by atoms with Crippen LogP contribution in [-0.2, 0) is 4.79 Å². The Kier molecular flexibility index (Phi) is 4.20. The molecule has 18 heavy (non-hydrogen) atoms. The molecule has 1 amide bonds. The molecule has 1 heterocycles. The summed E-state index contributed by atoms with van der Waals surface area (Å²) in [6.07, 6.45) is 2.46. The van der Waals surface area contributed by atoms with Gasteiger partial charge in [-0.3, -0.25) is 4.79 Å². The standard InChI is InChI=1S/C14H20N2O2/c1-11(16-9-3-4-10-16)14(17)15-12-5-7-13(18-2)8-6-12/h5-8,11H,3-4,9-10H2,1-2H3,(H,15,17)/p+1/t11-/m1/s1. The van der Waals surface area contributed by atoms with Crippen molar-refractivity contribution < 1.29 is 14.4 Å². The Hall–Kier alpha value is -1.55. The van der Waals surface area contributed by atoms with Crippen LogP contribution in [0.1, 0.15) is 19.8 Å². The number of methoxy groups -OCH3 is 1. The van der Waals surface area contributed by atoms with E-state index in [1.54, 1.807) is 7.11 Å². The summed E-state index contributed by atoms with van der Waals surface area (Å²) in [5.74, 6) is 0.892. The van der Waals surface area contributed by atoms with Crippen molar-refractivity contribution in [3.05, 3.63) is 24.3 Å². The number of hydrogen-bond acceptors (Lipinski definition) is 2. The van der Waals surface area contributed by atoms with E-state index < -0.39 is 0 Å². The second-order valence-corrected chi connectivity index (χ2v) is 4.80. The van der Waals surface area contributed by atoms with Crippen LogP contribution in [0.4, 0.5) is 5.69 Å². The van der Waals surface area contributed by atoms with Crippen molar-refractivity contribution in [2.24, 2.45) is 0 Å². The van der Waals surface area contributed by atoms with Crippen molar-refractivity contribution in [2.45, 2.75) is 25.8 Å². The molecule has 4 nitrogen and oxygen atoms in total. The Morgan fingerprint density at radius 2 is 1.89 bits per heavy atom. The van der Waals surface area contributed by atoms with Gasteiger partial charge in [-0.1, -0.05) is 0 Å². The molecule has 4 heteroatoms. The van der Waals surface area contributed by atoms with Gasteiger partial charge in [-0.2, -0.15) is 0 Å². The molecule has 1 aliphatic rings. The first-order valence-electron chi connectivity index (χ1n) is 6.50. The maximum absolute atomic E-state index is 12.1. The number of likely N-dealkylation sites (tertiary alicyclic amines) is 1. The minimum Gasteiger partial charge on any atom is -0.497 e. The van der Waals surface area contributed by atoms with Gasteiger partial charge in [-0.05, 0) is 31.2 Å². The zero-order valence-electron chi connectivity index (χ0n) is 11.0. The van der Waals surface area contributed by atoms with Crippen molar-refractivity contribution in [3.8, 4) is 5.75 Å². The maximum atomic E-state index is 12.1. The maximum Gasteiger partial charge on any atom is 0.282 e. The molecule has 1 atom stereocenters. The van der Waals surface area contributed by atoms with Crippen molar-refractivity contribution in [1.29, 1.82) is 0 Å². The Morgan fingerprint density at radius 1 is 1.28 bits per heavy atom. The van der Waals surface area contributed by atoms with Crippen LogP contribution in [0.15, 0.2) is 24.3 Å². The fourth-order valence-electron chi connectivity index (χ4n) is 2.37. The Labute approximate surface area is 108 Å². The number of quaternary nitrogens is 1. The fraction of sp³-hybridized carbons (Fsp3) is 0.500. The molecule has 0 bridgehead atoms. The van der Waals surface area contributed by atoms with Gasteiger partial charge in [-0.15, -0.1) is 0 Å². The molecule has 0 saturated carbocycles. The van der Waals surface area contributed by atoms with E-state index in [1.807, 2.05) is 31.2 Å². The number of amides is 1. The summed E-state index contributed by atoms with van der Waals surface area (Å²) in [7, 11) is 1.63. The highest BCUT2D eigenvalue weighted by atomic mass is 16.5. The van der Waals surface area contributed by atoms with E-state index >= 15 is 0 Å². The lowest BCUT2D eigenvalue weighted by atomic mass is 10.2. The van der Waals surface area contributed by atoms with E-state index in [4.69, 9.17) is 4.74 Å². The third kappa shape index (κ3) is 3.01. The molecule has 0 aromatic heterocycles. The van der Waals surface area contributed by atoms with E-state index in [0.29, 0.717) is 0 Å². The Morgan fingerprint density at radius 3 is 2.44 bits per heavy atom. The SMILES string of the molecule is COc1ccc(NC(=O)[C@@H](C)[NH+]2CCCC2)cc1. The lowest BCUT2D eigenvalue weighted by molar-refractivity contribution is -0.901. The molecule has 1 aromatic carbocycles. The second kappa shape index (κ2) is 5.87. The molecule has 0 aliphatic carbocycles. The molecule has 2 rings (SSSR count). The van der Waals surface area contributed by atoms with Gasteiger partial charge >= 0.3 is 0 Å². The van der Waals surface area contributed by atoms with Crippen LogP contribution in [0.5, 0.6) is 5.75 Å². The smallest absolute Gasteiger partial charge is 0.282 e. The molecule has 0 unspecified atom stereocenters. The van der Waals surface area contributed by atoms with Gasteiger partial charge in [0.1, 0.15) is 5.75 Å². The first kappa shape index (κ1) is 12.9. The van der Waals surface area contributed by atoms with Gasteiger partial charge in [-0.25, -0.2) is 0 Å². The molecule has 1 aliphatic heterocycles. The molecule has 98 valence electrons. The number of anilines is 1. The summed E-state index contributed by atoms with van der Waals surface area (Å²) in [5.41, 5.74) is 0.825. The normalized spacial score (nSPS) is 17.4. The number of carbonyl (C=O) groups is 1. The lowest BCUT2D eigenvalue weighted by Crippen LogP contribution is -3.14. The number of carbonyl (C=O) groups excluding carboxylic acids is 1. The highest BCUT2D eigenvalue weighted by Gasteiger charge is 2.27. The van der Waals surface area contributed by atoms with Crippen LogP contribution in [0.25, 0.3) is 0 Å². The van der Waals surface area contributed by atoms with E-state index in [1.165, 1.54) is 17.7 Å². The average molecular weight is 249 g/mol. The van der Waals surface area contributed by atoms with E-state index in [2.05, 4.69) is 5.32 Å². The van der Waals surface area contributed by atoms with Gasteiger partial charge in [0.05, 0.1) is 20.2 Å². The summed E-state index contributed by atoms with van der Waals surface area (Å²) in [6, 6.07) is 7.45. The van der Waals surface area contributed by atoms with Crippen LogP contribution in [0.3, 0.4) is 0 Å². The number of nitrogens with one attached hydrogen (secondary N) is 2. The molecule has 1 saturated heterocycles. The lowest BCUT2D eigenvalue weighted by Gasteiger charge is -2.20. The largest absolute Gasteiger partial charge is 0.497 e.